The number of hydrogen-bond acceptors (Lipinski definition) is 4. The van der Waals surface area contributed by atoms with Crippen molar-refractivity contribution in [3.8, 4) is 0 Å². The summed E-state index contributed by atoms with van der Waals surface area (Å²) in [6, 6.07) is 2.12. The van der Waals surface area contributed by atoms with E-state index in [0.717, 1.165) is 19.3 Å². The highest BCUT2D eigenvalue weighted by molar-refractivity contribution is 7.07. The van der Waals surface area contributed by atoms with Crippen LogP contribution in [0.4, 0.5) is 0 Å². The molecule has 0 unspecified atom stereocenters. The summed E-state index contributed by atoms with van der Waals surface area (Å²) in [4.78, 5) is 14.6. The van der Waals surface area contributed by atoms with Gasteiger partial charge < -0.3 is 15.4 Å². The van der Waals surface area contributed by atoms with Gasteiger partial charge in [0.1, 0.15) is 6.10 Å². The standard InChI is InChI=1S/C15H22N2O2S/c1-10-7-17(15(18)12-3-2-4-13(12)16)8-14(19-10)11-5-6-20-9-11/h5-6,9-10,12-14H,2-4,7-8,16H2,1H3/t10-,12-,13-,14-/m1/s1. The average molecular weight is 294 g/mol. The van der Waals surface area contributed by atoms with Crippen LogP contribution in [0.2, 0.25) is 0 Å². The Labute approximate surface area is 123 Å². The molecule has 0 aromatic carbocycles. The number of rotatable bonds is 2. The van der Waals surface area contributed by atoms with E-state index in [1.54, 1.807) is 11.3 Å². The summed E-state index contributed by atoms with van der Waals surface area (Å²) >= 11 is 1.67. The number of thiophene rings is 1. The van der Waals surface area contributed by atoms with Crippen LogP contribution in [0.3, 0.4) is 0 Å². The fraction of sp³-hybridized carbons (Fsp3) is 0.667. The Bertz CT molecular complexity index is 462. The molecule has 20 heavy (non-hydrogen) atoms. The van der Waals surface area contributed by atoms with Crippen LogP contribution in [0.5, 0.6) is 0 Å². The lowest BCUT2D eigenvalue weighted by Crippen LogP contribution is -2.50. The van der Waals surface area contributed by atoms with Crippen LogP contribution in [0.25, 0.3) is 0 Å². The second-order valence-electron chi connectivity index (χ2n) is 5.94. The number of amides is 1. The van der Waals surface area contributed by atoms with E-state index in [-0.39, 0.29) is 30.1 Å². The van der Waals surface area contributed by atoms with Crippen LogP contribution in [0.1, 0.15) is 37.9 Å². The van der Waals surface area contributed by atoms with Crippen molar-refractivity contribution in [1.29, 1.82) is 0 Å². The van der Waals surface area contributed by atoms with Crippen molar-refractivity contribution in [3.63, 3.8) is 0 Å². The summed E-state index contributed by atoms with van der Waals surface area (Å²) in [5, 5.41) is 4.16. The van der Waals surface area contributed by atoms with Gasteiger partial charge in [0.2, 0.25) is 5.91 Å². The molecular formula is C15H22N2O2S. The molecule has 2 fully saturated rings. The number of morpholine rings is 1. The van der Waals surface area contributed by atoms with E-state index in [2.05, 4.69) is 16.8 Å². The van der Waals surface area contributed by atoms with Gasteiger partial charge in [-0.3, -0.25) is 4.79 Å². The van der Waals surface area contributed by atoms with Gasteiger partial charge in [0.25, 0.3) is 0 Å². The zero-order valence-corrected chi connectivity index (χ0v) is 12.6. The smallest absolute Gasteiger partial charge is 0.227 e. The van der Waals surface area contributed by atoms with Gasteiger partial charge in [0, 0.05) is 12.6 Å². The van der Waals surface area contributed by atoms with Crippen molar-refractivity contribution in [1.82, 2.24) is 4.90 Å². The molecule has 2 heterocycles. The lowest BCUT2D eigenvalue weighted by atomic mass is 10.0. The van der Waals surface area contributed by atoms with E-state index in [1.165, 1.54) is 5.56 Å². The Balaban J connectivity index is 1.71. The fourth-order valence-corrected chi connectivity index (χ4v) is 4.01. The molecule has 1 saturated heterocycles. The Hall–Kier alpha value is -0.910. The van der Waals surface area contributed by atoms with Crippen molar-refractivity contribution in [3.05, 3.63) is 22.4 Å². The minimum absolute atomic E-state index is 0.00609. The van der Waals surface area contributed by atoms with Gasteiger partial charge in [-0.25, -0.2) is 0 Å². The van der Waals surface area contributed by atoms with Crippen LogP contribution >= 0.6 is 11.3 Å². The third kappa shape index (κ3) is 2.75. The minimum atomic E-state index is 0.00609. The third-order valence-electron chi connectivity index (χ3n) is 4.37. The van der Waals surface area contributed by atoms with Gasteiger partial charge in [0.15, 0.2) is 0 Å². The third-order valence-corrected chi connectivity index (χ3v) is 5.07. The van der Waals surface area contributed by atoms with Crippen molar-refractivity contribution >= 4 is 17.2 Å². The molecule has 1 aromatic heterocycles. The number of nitrogens with two attached hydrogens (primary N) is 1. The monoisotopic (exact) mass is 294 g/mol. The van der Waals surface area contributed by atoms with Gasteiger partial charge >= 0.3 is 0 Å². The summed E-state index contributed by atoms with van der Waals surface area (Å²) in [7, 11) is 0. The molecule has 2 N–H and O–H groups in total. The van der Waals surface area contributed by atoms with E-state index in [4.69, 9.17) is 10.5 Å². The average Bonchev–Trinajstić information content (AvgIpc) is 3.08. The van der Waals surface area contributed by atoms with Gasteiger partial charge in [-0.05, 0) is 42.2 Å². The van der Waals surface area contributed by atoms with Crippen molar-refractivity contribution in [2.45, 2.75) is 44.4 Å². The van der Waals surface area contributed by atoms with Crippen molar-refractivity contribution in [2.75, 3.05) is 13.1 Å². The number of hydrogen-bond donors (Lipinski definition) is 1. The molecule has 1 aromatic rings. The van der Waals surface area contributed by atoms with E-state index in [0.29, 0.717) is 13.1 Å². The second-order valence-corrected chi connectivity index (χ2v) is 6.72. The first kappa shape index (κ1) is 14.0. The molecule has 0 radical (unpaired) electrons. The topological polar surface area (TPSA) is 55.6 Å². The highest BCUT2D eigenvalue weighted by atomic mass is 32.1. The summed E-state index contributed by atoms with van der Waals surface area (Å²) in [5.74, 6) is 0.244. The lowest BCUT2D eigenvalue weighted by molar-refractivity contribution is -0.149. The Morgan fingerprint density at radius 2 is 2.30 bits per heavy atom. The first-order chi connectivity index (χ1) is 9.65. The second kappa shape index (κ2) is 5.84. The first-order valence-electron chi connectivity index (χ1n) is 7.37. The molecule has 3 rings (SSSR count). The molecule has 110 valence electrons. The molecular weight excluding hydrogens is 272 g/mol. The maximum Gasteiger partial charge on any atom is 0.227 e. The van der Waals surface area contributed by atoms with Crippen molar-refractivity contribution < 1.29 is 9.53 Å². The van der Waals surface area contributed by atoms with Crippen LogP contribution in [-0.2, 0) is 9.53 Å². The highest BCUT2D eigenvalue weighted by Crippen LogP contribution is 2.31. The van der Waals surface area contributed by atoms with E-state index < -0.39 is 0 Å². The molecule has 1 amide bonds. The van der Waals surface area contributed by atoms with Gasteiger partial charge in [0.05, 0.1) is 18.6 Å². The normalized spacial score (nSPS) is 34.4. The lowest BCUT2D eigenvalue weighted by Gasteiger charge is -2.38. The Morgan fingerprint density at radius 1 is 1.45 bits per heavy atom. The molecule has 5 heteroatoms. The zero-order chi connectivity index (χ0) is 14.1. The largest absolute Gasteiger partial charge is 0.367 e. The molecule has 4 nitrogen and oxygen atoms in total. The van der Waals surface area contributed by atoms with Crippen LogP contribution < -0.4 is 5.73 Å². The highest BCUT2D eigenvalue weighted by Gasteiger charge is 2.37. The SMILES string of the molecule is C[C@@H]1CN(C(=O)[C@@H]2CCC[C@H]2N)C[C@H](c2ccsc2)O1. The predicted octanol–water partition coefficient (Wildman–Crippen LogP) is 2.16. The maximum atomic E-state index is 12.7. The molecule has 0 spiro atoms. The van der Waals surface area contributed by atoms with Crippen LogP contribution in [0.15, 0.2) is 16.8 Å². The van der Waals surface area contributed by atoms with Crippen LogP contribution in [0, 0.1) is 5.92 Å². The number of nitrogens with zero attached hydrogens (tertiary/aromatic N) is 1. The van der Waals surface area contributed by atoms with E-state index >= 15 is 0 Å². The maximum absolute atomic E-state index is 12.7. The quantitative estimate of drug-likeness (QED) is 0.909. The van der Waals surface area contributed by atoms with E-state index in [9.17, 15) is 4.79 Å². The molecule has 1 saturated carbocycles. The van der Waals surface area contributed by atoms with E-state index in [1.807, 2.05) is 11.8 Å². The van der Waals surface area contributed by atoms with Gasteiger partial charge in [-0.2, -0.15) is 11.3 Å². The zero-order valence-electron chi connectivity index (χ0n) is 11.8. The molecule has 1 aliphatic heterocycles. The summed E-state index contributed by atoms with van der Waals surface area (Å²) < 4.78 is 5.98. The summed E-state index contributed by atoms with van der Waals surface area (Å²) in [5.41, 5.74) is 7.25. The fourth-order valence-electron chi connectivity index (χ4n) is 3.30. The van der Waals surface area contributed by atoms with Crippen LogP contribution in [-0.4, -0.2) is 36.0 Å². The minimum Gasteiger partial charge on any atom is -0.367 e. The Kier molecular flexibility index (Phi) is 4.10. The molecule has 2 aliphatic rings. The number of carbonyl (C=O) groups excluding carboxylic acids is 1. The summed E-state index contributed by atoms with van der Waals surface area (Å²) in [6.07, 6.45) is 3.08. The first-order valence-corrected chi connectivity index (χ1v) is 8.31. The van der Waals surface area contributed by atoms with Gasteiger partial charge in [-0.1, -0.05) is 6.42 Å². The molecule has 0 bridgehead atoms. The molecule has 1 aliphatic carbocycles. The van der Waals surface area contributed by atoms with Gasteiger partial charge in [-0.15, -0.1) is 0 Å². The van der Waals surface area contributed by atoms with Crippen molar-refractivity contribution in [2.24, 2.45) is 11.7 Å². The Morgan fingerprint density at radius 3 is 2.95 bits per heavy atom. The molecule has 4 atom stereocenters. The number of carbonyl (C=O) groups is 1. The summed E-state index contributed by atoms with van der Waals surface area (Å²) in [6.45, 7) is 3.37. The number of ether oxygens (including phenoxy) is 1. The predicted molar refractivity (Wildman–Crippen MR) is 79.5 cm³/mol.